The van der Waals surface area contributed by atoms with Crippen molar-refractivity contribution in [3.8, 4) is 17.0 Å². The summed E-state index contributed by atoms with van der Waals surface area (Å²) in [4.78, 5) is 14.1. The van der Waals surface area contributed by atoms with E-state index in [1.807, 2.05) is 6.20 Å². The Bertz CT molecular complexity index is 1340. The van der Waals surface area contributed by atoms with Crippen molar-refractivity contribution in [1.82, 2.24) is 34.3 Å². The Morgan fingerprint density at radius 1 is 1.07 bits per heavy atom. The Morgan fingerprint density at radius 3 is 2.65 bits per heavy atom. The molecular formula is C30H42N8OS. The molecule has 0 saturated carbocycles. The number of ether oxygens (including phenoxy) is 1. The lowest BCUT2D eigenvalue weighted by molar-refractivity contribution is 0.110. The average Bonchev–Trinajstić information content (AvgIpc) is 3.64. The van der Waals surface area contributed by atoms with E-state index in [9.17, 15) is 0 Å². The molecular weight excluding hydrogens is 520 g/mol. The van der Waals surface area contributed by atoms with Crippen LogP contribution in [0.5, 0.6) is 5.88 Å². The van der Waals surface area contributed by atoms with Crippen molar-refractivity contribution in [3.05, 3.63) is 41.6 Å². The molecule has 2 N–H and O–H groups in total. The van der Waals surface area contributed by atoms with Crippen LogP contribution in [0.4, 0.5) is 11.6 Å². The second-order valence-corrected chi connectivity index (χ2v) is 13.2. The molecule has 40 heavy (non-hydrogen) atoms. The predicted octanol–water partition coefficient (Wildman–Crippen LogP) is 4.57. The van der Waals surface area contributed by atoms with Gasteiger partial charge in [0.1, 0.15) is 6.10 Å². The van der Waals surface area contributed by atoms with Gasteiger partial charge in [0.2, 0.25) is 11.8 Å². The van der Waals surface area contributed by atoms with E-state index in [0.717, 1.165) is 86.7 Å². The minimum atomic E-state index is -0.367. The molecule has 2 aliphatic heterocycles. The fraction of sp³-hybridized carbons (Fsp3) is 0.533. The maximum absolute atomic E-state index is 6.32. The van der Waals surface area contributed by atoms with E-state index in [0.29, 0.717) is 17.9 Å². The molecule has 3 aliphatic rings. The Morgan fingerprint density at radius 2 is 1.88 bits per heavy atom. The van der Waals surface area contributed by atoms with Crippen molar-refractivity contribution in [1.29, 1.82) is 0 Å². The lowest BCUT2D eigenvalue weighted by Gasteiger charge is -2.35. The van der Waals surface area contributed by atoms with Crippen molar-refractivity contribution in [2.75, 3.05) is 52.6 Å². The summed E-state index contributed by atoms with van der Waals surface area (Å²) in [6.45, 7) is 4.18. The highest BCUT2D eigenvalue weighted by Crippen LogP contribution is 2.40. The Kier molecular flexibility index (Phi) is 8.20. The number of hydrogen-bond donors (Lipinski definition) is 2. The first kappa shape index (κ1) is 27.4. The molecule has 10 heteroatoms. The number of nitrogens with one attached hydrogen (secondary N) is 2. The van der Waals surface area contributed by atoms with E-state index in [-0.39, 0.29) is 16.8 Å². The van der Waals surface area contributed by atoms with Gasteiger partial charge in [0.05, 0.1) is 5.69 Å². The third-order valence-electron chi connectivity index (χ3n) is 8.67. The van der Waals surface area contributed by atoms with Crippen molar-refractivity contribution >= 4 is 28.2 Å². The summed E-state index contributed by atoms with van der Waals surface area (Å²) in [7, 11) is 6.14. The summed E-state index contributed by atoms with van der Waals surface area (Å²) < 4.78 is 8.75. The van der Waals surface area contributed by atoms with Gasteiger partial charge in [-0.1, -0.05) is 28.7 Å². The number of aryl methyl sites for hydroxylation is 1. The highest BCUT2D eigenvalue weighted by molar-refractivity contribution is 8.11. The summed E-state index contributed by atoms with van der Waals surface area (Å²) in [6, 6.07) is 9.28. The highest BCUT2D eigenvalue weighted by atomic mass is 32.2. The first-order valence-corrected chi connectivity index (χ1v) is 15.9. The molecule has 1 aromatic carbocycles. The van der Waals surface area contributed by atoms with Crippen LogP contribution < -0.4 is 10.1 Å². The number of aromatic nitrogens is 4. The van der Waals surface area contributed by atoms with Gasteiger partial charge >= 0.3 is 0 Å². The number of fused-ring (bicyclic) bond motifs is 1. The number of aromatic amines is 1. The SMILES string of the molecule is C=S(c1nc(Nc2c(-c3ccnc(OC4CCN(C)CC4)c3)ccc3c2CCC3)n[nH]1)N1CCC(N(C)C)CC1. The van der Waals surface area contributed by atoms with Crippen LogP contribution in [-0.2, 0) is 12.8 Å². The maximum Gasteiger partial charge on any atom is 0.247 e. The minimum Gasteiger partial charge on any atom is -0.474 e. The second kappa shape index (κ2) is 12.0. The summed E-state index contributed by atoms with van der Waals surface area (Å²) >= 11 is 0. The van der Waals surface area contributed by atoms with Crippen molar-refractivity contribution in [3.63, 3.8) is 0 Å². The van der Waals surface area contributed by atoms with Crippen LogP contribution in [-0.4, -0.2) is 99.6 Å². The van der Waals surface area contributed by atoms with E-state index in [4.69, 9.17) is 9.72 Å². The zero-order chi connectivity index (χ0) is 27.6. The number of hydrogen-bond acceptors (Lipinski definition) is 8. The Balaban J connectivity index is 1.21. The maximum atomic E-state index is 6.32. The van der Waals surface area contributed by atoms with Gasteiger partial charge in [-0.2, -0.15) is 4.98 Å². The monoisotopic (exact) mass is 562 g/mol. The first-order valence-electron chi connectivity index (χ1n) is 14.6. The zero-order valence-corrected chi connectivity index (χ0v) is 24.8. The molecule has 3 aromatic rings. The van der Waals surface area contributed by atoms with E-state index < -0.39 is 0 Å². The quantitative estimate of drug-likeness (QED) is 0.386. The molecule has 6 rings (SSSR count). The summed E-state index contributed by atoms with van der Waals surface area (Å²) in [5, 5.41) is 12.2. The van der Waals surface area contributed by atoms with Gasteiger partial charge in [-0.25, -0.2) is 4.98 Å². The van der Waals surface area contributed by atoms with Gasteiger partial charge in [0.15, 0.2) is 5.16 Å². The smallest absolute Gasteiger partial charge is 0.247 e. The number of pyridine rings is 1. The van der Waals surface area contributed by atoms with Crippen LogP contribution in [0.2, 0.25) is 0 Å². The lowest BCUT2D eigenvalue weighted by atomic mass is 9.98. The van der Waals surface area contributed by atoms with E-state index in [2.05, 4.69) is 85.9 Å². The van der Waals surface area contributed by atoms with Gasteiger partial charge in [-0.3, -0.25) is 9.40 Å². The van der Waals surface area contributed by atoms with E-state index in [1.54, 1.807) is 0 Å². The van der Waals surface area contributed by atoms with Crippen LogP contribution in [0.25, 0.3) is 11.1 Å². The molecule has 1 aliphatic carbocycles. The number of nitrogens with zero attached hydrogens (tertiary/aromatic N) is 6. The first-order chi connectivity index (χ1) is 19.4. The standard InChI is InChI=1S/C30H42N8OS/c1-36(2)23-11-18-38(19-12-23)40(4)30-33-29(34-35-30)32-28-25-7-5-6-21(25)8-9-26(28)22-10-15-31-27(20-22)39-24-13-16-37(3)17-14-24/h8-10,15,20,23-24H,4-7,11-14,16-19H2,1-3H3,(H2,32,33,34,35). The molecule has 1 atom stereocenters. The molecule has 2 saturated heterocycles. The Hall–Kier alpha value is -2.79. The van der Waals surface area contributed by atoms with Gasteiger partial charge in [-0.15, -0.1) is 5.10 Å². The molecule has 0 bridgehead atoms. The summed E-state index contributed by atoms with van der Waals surface area (Å²) in [5.74, 6) is 5.75. The molecule has 0 amide bonds. The highest BCUT2D eigenvalue weighted by Gasteiger charge is 2.25. The molecule has 9 nitrogen and oxygen atoms in total. The molecule has 0 radical (unpaired) electrons. The van der Waals surface area contributed by atoms with E-state index in [1.165, 1.54) is 17.5 Å². The van der Waals surface area contributed by atoms with Crippen molar-refractivity contribution in [2.24, 2.45) is 0 Å². The van der Waals surface area contributed by atoms with Crippen molar-refractivity contribution < 1.29 is 4.74 Å². The molecule has 2 aromatic heterocycles. The Labute approximate surface area is 240 Å². The molecule has 1 unspecified atom stereocenters. The van der Waals surface area contributed by atoms with Crippen molar-refractivity contribution in [2.45, 2.75) is 62.2 Å². The number of piperidine rings is 2. The molecule has 214 valence electrons. The third kappa shape index (κ3) is 5.95. The van der Waals surface area contributed by atoms with E-state index >= 15 is 0 Å². The van der Waals surface area contributed by atoms with Crippen LogP contribution >= 0.6 is 10.7 Å². The third-order valence-corrected chi connectivity index (χ3v) is 10.3. The molecule has 2 fully saturated rings. The van der Waals surface area contributed by atoms with Crippen LogP contribution in [0, 0.1) is 0 Å². The fourth-order valence-electron chi connectivity index (χ4n) is 6.19. The van der Waals surface area contributed by atoms with Gasteiger partial charge in [-0.05, 0) is 88.8 Å². The minimum absolute atomic E-state index is 0.216. The van der Waals surface area contributed by atoms with Crippen LogP contribution in [0.1, 0.15) is 43.2 Å². The zero-order valence-electron chi connectivity index (χ0n) is 24.0. The number of likely N-dealkylation sites (tertiary alicyclic amines) is 1. The molecule has 0 spiro atoms. The van der Waals surface area contributed by atoms with Gasteiger partial charge in [0.25, 0.3) is 0 Å². The predicted molar refractivity (Wildman–Crippen MR) is 164 cm³/mol. The number of H-pyrrole nitrogens is 1. The lowest BCUT2D eigenvalue weighted by Crippen LogP contribution is -2.39. The summed E-state index contributed by atoms with van der Waals surface area (Å²) in [6.07, 6.45) is 9.76. The molecule has 4 heterocycles. The summed E-state index contributed by atoms with van der Waals surface area (Å²) in [5.41, 5.74) is 6.07. The van der Waals surface area contributed by atoms with Crippen LogP contribution in [0.15, 0.2) is 35.6 Å². The van der Waals surface area contributed by atoms with Crippen LogP contribution in [0.3, 0.4) is 0 Å². The van der Waals surface area contributed by atoms with Gasteiger partial charge in [0, 0.05) is 50.0 Å². The normalized spacial score (nSPS) is 20.1. The number of anilines is 2. The number of rotatable bonds is 8. The largest absolute Gasteiger partial charge is 0.474 e. The topological polar surface area (TPSA) is 85.4 Å². The fourth-order valence-corrected chi connectivity index (χ4v) is 7.42. The average molecular weight is 563 g/mol. The van der Waals surface area contributed by atoms with Gasteiger partial charge < -0.3 is 19.9 Å². The second-order valence-electron chi connectivity index (χ2n) is 11.6. The number of benzene rings is 1.